The molecular weight excluding hydrogens is 126 g/mol. The Bertz CT molecular complexity index is 62.3. The van der Waals surface area contributed by atoms with Crippen LogP contribution in [0, 0.1) is 6.61 Å². The van der Waals surface area contributed by atoms with Gasteiger partial charge in [-0.25, -0.2) is 0 Å². The van der Waals surface area contributed by atoms with Crippen molar-refractivity contribution in [1.29, 1.82) is 0 Å². The van der Waals surface area contributed by atoms with Crippen LogP contribution in [-0.4, -0.2) is 31.1 Å². The summed E-state index contributed by atoms with van der Waals surface area (Å²) >= 11 is 0. The van der Waals surface area contributed by atoms with Gasteiger partial charge in [0.15, 0.2) is 0 Å². The van der Waals surface area contributed by atoms with Crippen LogP contribution in [0.25, 0.3) is 0 Å². The van der Waals surface area contributed by atoms with E-state index in [2.05, 4.69) is 18.7 Å². The molecule has 10 heavy (non-hydrogen) atoms. The number of nitrogens with zero attached hydrogens (tertiary/aromatic N) is 1. The fourth-order valence-electron chi connectivity index (χ4n) is 0.839. The first-order chi connectivity index (χ1) is 4.85. The molecule has 0 aliphatic carbocycles. The third kappa shape index (κ3) is 4.77. The standard InChI is InChI=1S/C8H18NO/c1-4-9(5-2)7-8-10-6-3/h6H,4-5,7-8H2,1-3H3. The number of hydrogen-bond donors (Lipinski definition) is 0. The van der Waals surface area contributed by atoms with E-state index in [-0.39, 0.29) is 0 Å². The lowest BCUT2D eigenvalue weighted by atomic mass is 10.5. The quantitative estimate of drug-likeness (QED) is 0.524. The number of hydrogen-bond acceptors (Lipinski definition) is 2. The fourth-order valence-corrected chi connectivity index (χ4v) is 0.839. The average Bonchev–Trinajstić information content (AvgIpc) is 1.99. The van der Waals surface area contributed by atoms with E-state index in [1.54, 1.807) is 6.61 Å². The van der Waals surface area contributed by atoms with Crippen molar-refractivity contribution in [2.75, 3.05) is 26.2 Å². The predicted octanol–water partition coefficient (Wildman–Crippen LogP) is 1.53. The molecule has 1 radical (unpaired) electrons. The van der Waals surface area contributed by atoms with Crippen LogP contribution in [0.3, 0.4) is 0 Å². The molecule has 0 saturated carbocycles. The Morgan fingerprint density at radius 1 is 1.30 bits per heavy atom. The highest BCUT2D eigenvalue weighted by Crippen LogP contribution is 1.87. The van der Waals surface area contributed by atoms with Gasteiger partial charge in [-0.15, -0.1) is 0 Å². The molecule has 2 heteroatoms. The maximum absolute atomic E-state index is 5.10. The van der Waals surface area contributed by atoms with Crippen LogP contribution in [0.2, 0.25) is 0 Å². The zero-order chi connectivity index (χ0) is 7.82. The van der Waals surface area contributed by atoms with Crippen molar-refractivity contribution in [2.24, 2.45) is 0 Å². The minimum Gasteiger partial charge on any atom is -0.374 e. The maximum Gasteiger partial charge on any atom is 0.0806 e. The Hall–Kier alpha value is -0.0800. The van der Waals surface area contributed by atoms with Gasteiger partial charge >= 0.3 is 0 Å². The van der Waals surface area contributed by atoms with E-state index < -0.39 is 0 Å². The largest absolute Gasteiger partial charge is 0.374 e. The molecule has 2 nitrogen and oxygen atoms in total. The molecule has 0 N–H and O–H groups in total. The van der Waals surface area contributed by atoms with Crippen molar-refractivity contribution in [1.82, 2.24) is 4.90 Å². The monoisotopic (exact) mass is 144 g/mol. The fraction of sp³-hybridized carbons (Fsp3) is 0.875. The van der Waals surface area contributed by atoms with Crippen LogP contribution in [0.15, 0.2) is 0 Å². The summed E-state index contributed by atoms with van der Waals surface area (Å²) in [6.07, 6.45) is 0. The summed E-state index contributed by atoms with van der Waals surface area (Å²) in [5.41, 5.74) is 0. The Labute approximate surface area is 64.2 Å². The van der Waals surface area contributed by atoms with E-state index >= 15 is 0 Å². The van der Waals surface area contributed by atoms with E-state index in [1.807, 2.05) is 6.92 Å². The second kappa shape index (κ2) is 7.03. The highest BCUT2D eigenvalue weighted by atomic mass is 16.5. The Morgan fingerprint density at radius 3 is 2.30 bits per heavy atom. The first kappa shape index (κ1) is 9.92. The summed E-state index contributed by atoms with van der Waals surface area (Å²) in [4.78, 5) is 2.34. The summed E-state index contributed by atoms with van der Waals surface area (Å²) in [6, 6.07) is 0. The van der Waals surface area contributed by atoms with Gasteiger partial charge in [0.25, 0.3) is 0 Å². The average molecular weight is 144 g/mol. The van der Waals surface area contributed by atoms with Gasteiger partial charge in [-0.05, 0) is 20.0 Å². The smallest absolute Gasteiger partial charge is 0.0806 e. The molecular formula is C8H18NO. The maximum atomic E-state index is 5.10. The Morgan fingerprint density at radius 2 is 1.90 bits per heavy atom. The van der Waals surface area contributed by atoms with Gasteiger partial charge in [-0.1, -0.05) is 13.8 Å². The highest BCUT2D eigenvalue weighted by molar-refractivity contribution is 4.50. The molecule has 0 aliphatic rings. The van der Waals surface area contributed by atoms with E-state index in [9.17, 15) is 0 Å². The summed E-state index contributed by atoms with van der Waals surface area (Å²) in [5.74, 6) is 0. The molecule has 0 rings (SSSR count). The number of likely N-dealkylation sites (N-methyl/N-ethyl adjacent to an activating group) is 1. The van der Waals surface area contributed by atoms with Gasteiger partial charge in [-0.2, -0.15) is 0 Å². The molecule has 0 fully saturated rings. The van der Waals surface area contributed by atoms with Crippen LogP contribution >= 0.6 is 0 Å². The molecule has 0 bridgehead atoms. The van der Waals surface area contributed by atoms with Crippen LogP contribution in [0.4, 0.5) is 0 Å². The number of ether oxygens (including phenoxy) is 1. The van der Waals surface area contributed by atoms with Crippen molar-refractivity contribution in [3.8, 4) is 0 Å². The Balaban J connectivity index is 3.09. The lowest BCUT2D eigenvalue weighted by Crippen LogP contribution is -2.26. The van der Waals surface area contributed by atoms with Gasteiger partial charge in [0.2, 0.25) is 0 Å². The van der Waals surface area contributed by atoms with Crippen molar-refractivity contribution in [3.05, 3.63) is 6.61 Å². The van der Waals surface area contributed by atoms with E-state index in [4.69, 9.17) is 4.74 Å². The first-order valence-corrected chi connectivity index (χ1v) is 3.96. The lowest BCUT2D eigenvalue weighted by Gasteiger charge is -2.16. The van der Waals surface area contributed by atoms with Crippen molar-refractivity contribution in [3.63, 3.8) is 0 Å². The van der Waals surface area contributed by atoms with Crippen molar-refractivity contribution in [2.45, 2.75) is 20.8 Å². The highest BCUT2D eigenvalue weighted by Gasteiger charge is 1.96. The minimum absolute atomic E-state index is 0.818. The van der Waals surface area contributed by atoms with Gasteiger partial charge < -0.3 is 9.64 Å². The van der Waals surface area contributed by atoms with Crippen LogP contribution in [0.1, 0.15) is 20.8 Å². The van der Waals surface area contributed by atoms with Gasteiger partial charge in [0.05, 0.1) is 13.2 Å². The summed E-state index contributed by atoms with van der Waals surface area (Å²) in [7, 11) is 0. The van der Waals surface area contributed by atoms with E-state index in [0.29, 0.717) is 0 Å². The van der Waals surface area contributed by atoms with Crippen LogP contribution in [-0.2, 0) is 4.74 Å². The second-order valence-corrected chi connectivity index (χ2v) is 2.13. The van der Waals surface area contributed by atoms with Crippen LogP contribution < -0.4 is 0 Å². The number of rotatable bonds is 6. The lowest BCUT2D eigenvalue weighted by molar-refractivity contribution is 0.158. The Kier molecular flexibility index (Phi) is 6.98. The summed E-state index contributed by atoms with van der Waals surface area (Å²) in [5, 5.41) is 0. The molecule has 0 amide bonds. The van der Waals surface area contributed by atoms with Gasteiger partial charge in [0.1, 0.15) is 0 Å². The topological polar surface area (TPSA) is 12.5 Å². The molecule has 0 atom stereocenters. The normalized spacial score (nSPS) is 10.8. The van der Waals surface area contributed by atoms with Crippen LogP contribution in [0.5, 0.6) is 0 Å². The molecule has 0 aromatic rings. The zero-order valence-corrected chi connectivity index (χ0v) is 7.26. The summed E-state index contributed by atoms with van der Waals surface area (Å²) in [6.45, 7) is 12.1. The van der Waals surface area contributed by atoms with Gasteiger partial charge in [-0.3, -0.25) is 0 Å². The summed E-state index contributed by atoms with van der Waals surface area (Å²) < 4.78 is 5.10. The minimum atomic E-state index is 0.818. The SMILES string of the molecule is C[CH]OCCN(CC)CC. The zero-order valence-electron chi connectivity index (χ0n) is 7.26. The third-order valence-electron chi connectivity index (χ3n) is 1.59. The molecule has 0 saturated heterocycles. The molecule has 0 aromatic carbocycles. The van der Waals surface area contributed by atoms with Crippen molar-refractivity contribution < 1.29 is 4.74 Å². The predicted molar refractivity (Wildman–Crippen MR) is 43.7 cm³/mol. The molecule has 0 spiro atoms. The van der Waals surface area contributed by atoms with Crippen molar-refractivity contribution >= 4 is 0 Å². The molecule has 0 aliphatic heterocycles. The third-order valence-corrected chi connectivity index (χ3v) is 1.59. The van der Waals surface area contributed by atoms with E-state index in [0.717, 1.165) is 26.2 Å². The molecule has 0 heterocycles. The molecule has 0 aromatic heterocycles. The molecule has 61 valence electrons. The molecule has 0 unspecified atom stereocenters. The second-order valence-electron chi connectivity index (χ2n) is 2.13. The van der Waals surface area contributed by atoms with E-state index in [1.165, 1.54) is 0 Å². The first-order valence-electron chi connectivity index (χ1n) is 3.96. The van der Waals surface area contributed by atoms with Gasteiger partial charge in [0, 0.05) is 6.54 Å².